The Balaban J connectivity index is 2.82. The number of nitrogens with two attached hydrogens (primary N) is 1. The van der Waals surface area contributed by atoms with Crippen LogP contribution < -0.4 is 10.6 Å². The van der Waals surface area contributed by atoms with E-state index in [0.29, 0.717) is 0 Å². The second-order valence-corrected chi connectivity index (χ2v) is 3.83. The highest BCUT2D eigenvalue weighted by Gasteiger charge is 2.20. The van der Waals surface area contributed by atoms with E-state index in [1.807, 2.05) is 30.3 Å². The number of nitrogens with zero attached hydrogens (tertiary/aromatic N) is 1. The number of hydrogen-bond acceptors (Lipinski definition) is 2. The van der Waals surface area contributed by atoms with Gasteiger partial charge in [-0.15, -0.1) is 0 Å². The molecular formula is C11H14N2OS. The van der Waals surface area contributed by atoms with Gasteiger partial charge in [0.2, 0.25) is 5.91 Å². The van der Waals surface area contributed by atoms with Crippen molar-refractivity contribution in [2.24, 2.45) is 11.7 Å². The van der Waals surface area contributed by atoms with Crippen molar-refractivity contribution in [1.82, 2.24) is 0 Å². The number of thiocarbonyl (C=S) groups is 1. The Hall–Kier alpha value is -1.42. The third-order valence-electron chi connectivity index (χ3n) is 2.27. The third kappa shape index (κ3) is 2.76. The van der Waals surface area contributed by atoms with Gasteiger partial charge in [-0.05, 0) is 19.1 Å². The van der Waals surface area contributed by atoms with E-state index in [0.717, 1.165) is 5.69 Å². The van der Waals surface area contributed by atoms with Crippen LogP contribution in [0.25, 0.3) is 0 Å². The molecule has 3 nitrogen and oxygen atoms in total. The Morgan fingerprint density at radius 2 is 1.93 bits per heavy atom. The SMILES string of the molecule is CC(C(=O)N(C)c1ccccc1)C(N)=S. The molecule has 1 unspecified atom stereocenters. The summed E-state index contributed by atoms with van der Waals surface area (Å²) in [7, 11) is 1.71. The van der Waals surface area contributed by atoms with Crippen molar-refractivity contribution in [3.8, 4) is 0 Å². The van der Waals surface area contributed by atoms with Gasteiger partial charge in [0.05, 0.1) is 10.9 Å². The minimum atomic E-state index is -0.426. The number of carbonyl (C=O) groups is 1. The summed E-state index contributed by atoms with van der Waals surface area (Å²) >= 11 is 4.79. The molecule has 0 spiro atoms. The van der Waals surface area contributed by atoms with Crippen LogP contribution >= 0.6 is 12.2 Å². The van der Waals surface area contributed by atoms with E-state index in [2.05, 4.69) is 0 Å². The van der Waals surface area contributed by atoms with Crippen molar-refractivity contribution in [3.05, 3.63) is 30.3 Å². The zero-order chi connectivity index (χ0) is 11.4. The lowest BCUT2D eigenvalue weighted by atomic mass is 10.1. The van der Waals surface area contributed by atoms with Gasteiger partial charge in [0.1, 0.15) is 0 Å². The van der Waals surface area contributed by atoms with Crippen LogP contribution in [0.3, 0.4) is 0 Å². The average Bonchev–Trinajstić information content (AvgIpc) is 2.27. The van der Waals surface area contributed by atoms with E-state index in [4.69, 9.17) is 18.0 Å². The normalized spacial score (nSPS) is 11.9. The molecule has 0 saturated carbocycles. The molecule has 0 heterocycles. The summed E-state index contributed by atoms with van der Waals surface area (Å²) in [6.07, 6.45) is 0. The van der Waals surface area contributed by atoms with Gasteiger partial charge in [0, 0.05) is 12.7 Å². The van der Waals surface area contributed by atoms with Gasteiger partial charge in [-0.1, -0.05) is 30.4 Å². The molecule has 4 heteroatoms. The van der Waals surface area contributed by atoms with Gasteiger partial charge in [-0.25, -0.2) is 0 Å². The lowest BCUT2D eigenvalue weighted by Crippen LogP contribution is -2.37. The molecule has 0 radical (unpaired) electrons. The summed E-state index contributed by atoms with van der Waals surface area (Å²) in [6.45, 7) is 1.71. The summed E-state index contributed by atoms with van der Waals surface area (Å²) < 4.78 is 0. The van der Waals surface area contributed by atoms with E-state index >= 15 is 0 Å². The van der Waals surface area contributed by atoms with Crippen LogP contribution in [-0.2, 0) is 4.79 Å². The molecule has 1 aromatic rings. The molecule has 15 heavy (non-hydrogen) atoms. The molecule has 1 aromatic carbocycles. The van der Waals surface area contributed by atoms with Crippen molar-refractivity contribution >= 4 is 28.8 Å². The lowest BCUT2D eigenvalue weighted by molar-refractivity contribution is -0.119. The third-order valence-corrected chi connectivity index (χ3v) is 2.62. The Kier molecular flexibility index (Phi) is 3.80. The number of hydrogen-bond donors (Lipinski definition) is 1. The highest BCUT2D eigenvalue weighted by molar-refractivity contribution is 7.80. The van der Waals surface area contributed by atoms with Crippen LogP contribution in [0.4, 0.5) is 5.69 Å². The molecule has 80 valence electrons. The predicted octanol–water partition coefficient (Wildman–Crippen LogP) is 1.57. The summed E-state index contributed by atoms with van der Waals surface area (Å²) in [5.41, 5.74) is 6.28. The Morgan fingerprint density at radius 3 is 2.40 bits per heavy atom. The molecule has 1 atom stereocenters. The molecule has 1 amide bonds. The second-order valence-electron chi connectivity index (χ2n) is 3.36. The number of amides is 1. The van der Waals surface area contributed by atoms with Crippen LogP contribution in [0, 0.1) is 5.92 Å². The standard InChI is InChI=1S/C11H14N2OS/c1-8(10(12)15)11(14)13(2)9-6-4-3-5-7-9/h3-8H,1-2H3,(H2,12,15). The van der Waals surface area contributed by atoms with Crippen molar-refractivity contribution in [1.29, 1.82) is 0 Å². The maximum Gasteiger partial charge on any atom is 0.236 e. The zero-order valence-electron chi connectivity index (χ0n) is 8.81. The molecule has 1 rings (SSSR count). The molecule has 0 aliphatic heterocycles. The molecule has 0 bridgehead atoms. The van der Waals surface area contributed by atoms with Crippen molar-refractivity contribution in [2.45, 2.75) is 6.92 Å². The molecule has 2 N–H and O–H groups in total. The largest absolute Gasteiger partial charge is 0.393 e. The minimum absolute atomic E-state index is 0.0892. The van der Waals surface area contributed by atoms with Crippen LogP contribution in [0.1, 0.15) is 6.92 Å². The summed E-state index contributed by atoms with van der Waals surface area (Å²) in [4.78, 5) is 13.6. The highest BCUT2D eigenvalue weighted by atomic mass is 32.1. The Morgan fingerprint density at radius 1 is 1.40 bits per heavy atom. The number of anilines is 1. The van der Waals surface area contributed by atoms with Crippen molar-refractivity contribution in [3.63, 3.8) is 0 Å². The summed E-state index contributed by atoms with van der Waals surface area (Å²) in [5.74, 6) is -0.515. The first kappa shape index (κ1) is 11.7. The Labute approximate surface area is 94.9 Å². The first-order valence-electron chi connectivity index (χ1n) is 4.66. The van der Waals surface area contributed by atoms with Crippen LogP contribution in [-0.4, -0.2) is 17.9 Å². The maximum atomic E-state index is 11.8. The quantitative estimate of drug-likeness (QED) is 0.790. The van der Waals surface area contributed by atoms with Crippen LogP contribution in [0.5, 0.6) is 0 Å². The van der Waals surface area contributed by atoms with Gasteiger partial charge >= 0.3 is 0 Å². The molecule has 0 fully saturated rings. The molecule has 0 saturated heterocycles. The predicted molar refractivity (Wildman–Crippen MR) is 65.8 cm³/mol. The fourth-order valence-electron chi connectivity index (χ4n) is 1.19. The van der Waals surface area contributed by atoms with E-state index in [1.165, 1.54) is 0 Å². The van der Waals surface area contributed by atoms with Crippen molar-refractivity contribution < 1.29 is 4.79 Å². The second kappa shape index (κ2) is 4.89. The average molecular weight is 222 g/mol. The van der Waals surface area contributed by atoms with E-state index in [9.17, 15) is 4.79 Å². The topological polar surface area (TPSA) is 46.3 Å². The monoisotopic (exact) mass is 222 g/mol. The van der Waals surface area contributed by atoms with E-state index in [-0.39, 0.29) is 10.9 Å². The molecule has 0 aromatic heterocycles. The maximum absolute atomic E-state index is 11.8. The van der Waals surface area contributed by atoms with E-state index in [1.54, 1.807) is 18.9 Å². The van der Waals surface area contributed by atoms with Crippen LogP contribution in [0.2, 0.25) is 0 Å². The number of rotatable bonds is 3. The smallest absolute Gasteiger partial charge is 0.236 e. The van der Waals surface area contributed by atoms with Gasteiger partial charge in [0.25, 0.3) is 0 Å². The fourth-order valence-corrected chi connectivity index (χ4v) is 1.29. The van der Waals surface area contributed by atoms with Gasteiger partial charge < -0.3 is 10.6 Å². The lowest BCUT2D eigenvalue weighted by Gasteiger charge is -2.20. The van der Waals surface area contributed by atoms with Crippen molar-refractivity contribution in [2.75, 3.05) is 11.9 Å². The number of carbonyl (C=O) groups excluding carboxylic acids is 1. The zero-order valence-corrected chi connectivity index (χ0v) is 9.62. The minimum Gasteiger partial charge on any atom is -0.393 e. The molecule has 0 aliphatic rings. The summed E-state index contributed by atoms with van der Waals surface area (Å²) in [5, 5.41) is 0. The number of para-hydroxylation sites is 1. The van der Waals surface area contributed by atoms with Crippen LogP contribution in [0.15, 0.2) is 30.3 Å². The highest BCUT2D eigenvalue weighted by Crippen LogP contribution is 2.14. The summed E-state index contributed by atoms with van der Waals surface area (Å²) in [6, 6.07) is 9.39. The van der Waals surface area contributed by atoms with E-state index < -0.39 is 5.92 Å². The van der Waals surface area contributed by atoms with Gasteiger partial charge in [0.15, 0.2) is 0 Å². The first-order valence-corrected chi connectivity index (χ1v) is 5.06. The first-order chi connectivity index (χ1) is 7.04. The fraction of sp³-hybridized carbons (Fsp3) is 0.273. The molecular weight excluding hydrogens is 208 g/mol. The van der Waals surface area contributed by atoms with Gasteiger partial charge in [-0.2, -0.15) is 0 Å². The molecule has 0 aliphatic carbocycles. The number of benzene rings is 1. The van der Waals surface area contributed by atoms with Gasteiger partial charge in [-0.3, -0.25) is 4.79 Å². The Bertz CT molecular complexity index is 364.